The lowest BCUT2D eigenvalue weighted by molar-refractivity contribution is 0.152. The van der Waals surface area contributed by atoms with E-state index < -0.39 is 0 Å². The van der Waals surface area contributed by atoms with Crippen molar-refractivity contribution in [3.05, 3.63) is 29.8 Å². The Hall–Kier alpha value is -1.06. The minimum absolute atomic E-state index is 0.584. The Morgan fingerprint density at radius 3 is 2.79 bits per heavy atom. The lowest BCUT2D eigenvalue weighted by Gasteiger charge is -2.37. The van der Waals surface area contributed by atoms with E-state index in [2.05, 4.69) is 30.4 Å². The van der Waals surface area contributed by atoms with Gasteiger partial charge in [-0.1, -0.05) is 19.1 Å². The van der Waals surface area contributed by atoms with Crippen LogP contribution in [-0.2, 0) is 4.74 Å². The molecule has 106 valence electrons. The van der Waals surface area contributed by atoms with E-state index in [4.69, 9.17) is 9.47 Å². The molecule has 0 radical (unpaired) electrons. The van der Waals surface area contributed by atoms with Gasteiger partial charge in [-0.15, -0.1) is 0 Å². The Balaban J connectivity index is 1.73. The van der Waals surface area contributed by atoms with Gasteiger partial charge in [-0.3, -0.25) is 0 Å². The van der Waals surface area contributed by atoms with Gasteiger partial charge in [0.2, 0.25) is 0 Å². The molecule has 1 fully saturated rings. The molecule has 1 aliphatic carbocycles. The van der Waals surface area contributed by atoms with Gasteiger partial charge in [0, 0.05) is 26.3 Å². The number of rotatable bonds is 7. The summed E-state index contributed by atoms with van der Waals surface area (Å²) in [7, 11) is 3.49. The summed E-state index contributed by atoms with van der Waals surface area (Å²) < 4.78 is 10.4. The molecule has 1 aliphatic rings. The molecule has 0 aliphatic heterocycles. The molecule has 0 aromatic heterocycles. The molecule has 1 aromatic carbocycles. The molecule has 1 unspecified atom stereocenters. The second kappa shape index (κ2) is 6.92. The predicted octanol–water partition coefficient (Wildman–Crippen LogP) is 2.81. The van der Waals surface area contributed by atoms with Gasteiger partial charge in [-0.05, 0) is 42.4 Å². The SMILES string of the molecule is COCC(C)CNC1CC(c2cccc(OC)c2)C1. The number of hydrogen-bond acceptors (Lipinski definition) is 3. The van der Waals surface area contributed by atoms with Crippen molar-refractivity contribution in [3.8, 4) is 5.75 Å². The van der Waals surface area contributed by atoms with Gasteiger partial charge >= 0.3 is 0 Å². The van der Waals surface area contributed by atoms with E-state index in [1.165, 1.54) is 18.4 Å². The monoisotopic (exact) mass is 263 g/mol. The van der Waals surface area contributed by atoms with Crippen LogP contribution in [0.5, 0.6) is 5.75 Å². The first-order chi connectivity index (χ1) is 9.22. The van der Waals surface area contributed by atoms with Crippen LogP contribution in [0.25, 0.3) is 0 Å². The molecule has 0 saturated heterocycles. The maximum absolute atomic E-state index is 5.28. The van der Waals surface area contributed by atoms with Crippen molar-refractivity contribution >= 4 is 0 Å². The third-order valence-electron chi connectivity index (χ3n) is 3.91. The van der Waals surface area contributed by atoms with Crippen molar-refractivity contribution in [1.29, 1.82) is 0 Å². The van der Waals surface area contributed by atoms with Gasteiger partial charge in [0.15, 0.2) is 0 Å². The van der Waals surface area contributed by atoms with Crippen molar-refractivity contribution in [2.45, 2.75) is 31.7 Å². The maximum Gasteiger partial charge on any atom is 0.119 e. The summed E-state index contributed by atoms with van der Waals surface area (Å²) >= 11 is 0. The number of hydrogen-bond donors (Lipinski definition) is 1. The maximum atomic E-state index is 5.28. The van der Waals surface area contributed by atoms with Crippen molar-refractivity contribution in [1.82, 2.24) is 5.32 Å². The molecule has 3 heteroatoms. The van der Waals surface area contributed by atoms with E-state index in [9.17, 15) is 0 Å². The number of benzene rings is 1. The van der Waals surface area contributed by atoms with E-state index in [1.807, 2.05) is 6.07 Å². The molecular formula is C16H25NO2. The Bertz CT molecular complexity index is 388. The molecule has 1 aromatic rings. The Morgan fingerprint density at radius 1 is 1.32 bits per heavy atom. The zero-order valence-corrected chi connectivity index (χ0v) is 12.2. The number of methoxy groups -OCH3 is 2. The highest BCUT2D eigenvalue weighted by molar-refractivity contribution is 5.32. The van der Waals surface area contributed by atoms with Crippen molar-refractivity contribution in [3.63, 3.8) is 0 Å². The molecule has 1 N–H and O–H groups in total. The van der Waals surface area contributed by atoms with Gasteiger partial charge < -0.3 is 14.8 Å². The van der Waals surface area contributed by atoms with Gasteiger partial charge in [-0.2, -0.15) is 0 Å². The standard InChI is InChI=1S/C16H25NO2/c1-12(11-18-2)10-17-15-7-14(8-15)13-5-4-6-16(9-13)19-3/h4-6,9,12,14-15,17H,7-8,10-11H2,1-3H3. The number of nitrogens with one attached hydrogen (secondary N) is 1. The molecule has 0 heterocycles. The molecule has 0 amide bonds. The van der Waals surface area contributed by atoms with E-state index >= 15 is 0 Å². The summed E-state index contributed by atoms with van der Waals surface area (Å²) in [5, 5.41) is 3.62. The minimum Gasteiger partial charge on any atom is -0.497 e. The second-order valence-corrected chi connectivity index (χ2v) is 5.61. The molecule has 19 heavy (non-hydrogen) atoms. The largest absolute Gasteiger partial charge is 0.497 e. The zero-order chi connectivity index (χ0) is 13.7. The second-order valence-electron chi connectivity index (χ2n) is 5.61. The first-order valence-corrected chi connectivity index (χ1v) is 7.09. The van der Waals surface area contributed by atoms with Crippen LogP contribution in [0.15, 0.2) is 24.3 Å². The zero-order valence-electron chi connectivity index (χ0n) is 12.2. The summed E-state index contributed by atoms with van der Waals surface area (Å²) in [5.41, 5.74) is 1.40. The van der Waals surface area contributed by atoms with Gasteiger partial charge in [0.1, 0.15) is 5.75 Å². The molecule has 1 atom stereocenters. The van der Waals surface area contributed by atoms with Crippen LogP contribution in [0.3, 0.4) is 0 Å². The van der Waals surface area contributed by atoms with Crippen LogP contribution >= 0.6 is 0 Å². The predicted molar refractivity (Wildman–Crippen MR) is 77.8 cm³/mol. The fourth-order valence-electron chi connectivity index (χ4n) is 2.66. The Labute approximate surface area is 116 Å². The summed E-state index contributed by atoms with van der Waals surface area (Å²) in [6.07, 6.45) is 2.46. The first-order valence-electron chi connectivity index (χ1n) is 7.09. The fourth-order valence-corrected chi connectivity index (χ4v) is 2.66. The average molecular weight is 263 g/mol. The van der Waals surface area contributed by atoms with Crippen LogP contribution in [-0.4, -0.2) is 33.4 Å². The lowest BCUT2D eigenvalue weighted by atomic mass is 9.75. The van der Waals surface area contributed by atoms with E-state index in [0.717, 1.165) is 18.9 Å². The summed E-state index contributed by atoms with van der Waals surface area (Å²) in [6.45, 7) is 4.09. The lowest BCUT2D eigenvalue weighted by Crippen LogP contribution is -2.42. The molecule has 0 spiro atoms. The Kier molecular flexibility index (Phi) is 5.23. The topological polar surface area (TPSA) is 30.5 Å². The van der Waals surface area contributed by atoms with Gasteiger partial charge in [-0.25, -0.2) is 0 Å². The van der Waals surface area contributed by atoms with E-state index in [0.29, 0.717) is 17.9 Å². The van der Waals surface area contributed by atoms with Crippen molar-refractivity contribution in [2.75, 3.05) is 27.4 Å². The van der Waals surface area contributed by atoms with Crippen LogP contribution in [0, 0.1) is 5.92 Å². The van der Waals surface area contributed by atoms with Crippen molar-refractivity contribution in [2.24, 2.45) is 5.92 Å². The summed E-state index contributed by atoms with van der Waals surface area (Å²) in [6, 6.07) is 9.11. The fraction of sp³-hybridized carbons (Fsp3) is 0.625. The Morgan fingerprint density at radius 2 is 2.11 bits per heavy atom. The van der Waals surface area contributed by atoms with Crippen LogP contribution in [0.2, 0.25) is 0 Å². The summed E-state index contributed by atoms with van der Waals surface area (Å²) in [5.74, 6) is 2.23. The highest BCUT2D eigenvalue weighted by atomic mass is 16.5. The quantitative estimate of drug-likeness (QED) is 0.820. The van der Waals surface area contributed by atoms with E-state index in [-0.39, 0.29) is 0 Å². The molecular weight excluding hydrogens is 238 g/mol. The number of ether oxygens (including phenoxy) is 2. The molecule has 3 nitrogen and oxygen atoms in total. The highest BCUT2D eigenvalue weighted by Crippen LogP contribution is 2.37. The van der Waals surface area contributed by atoms with Gasteiger partial charge in [0.05, 0.1) is 7.11 Å². The average Bonchev–Trinajstić information content (AvgIpc) is 2.37. The highest BCUT2D eigenvalue weighted by Gasteiger charge is 2.30. The van der Waals surface area contributed by atoms with Crippen LogP contribution in [0.4, 0.5) is 0 Å². The normalized spacial score (nSPS) is 23.7. The minimum atomic E-state index is 0.584. The van der Waals surface area contributed by atoms with E-state index in [1.54, 1.807) is 14.2 Å². The van der Waals surface area contributed by atoms with Crippen molar-refractivity contribution < 1.29 is 9.47 Å². The third-order valence-corrected chi connectivity index (χ3v) is 3.91. The smallest absolute Gasteiger partial charge is 0.119 e. The molecule has 1 saturated carbocycles. The molecule has 0 bridgehead atoms. The van der Waals surface area contributed by atoms with Crippen LogP contribution < -0.4 is 10.1 Å². The third kappa shape index (κ3) is 3.95. The molecule has 2 rings (SSSR count). The summed E-state index contributed by atoms with van der Waals surface area (Å²) in [4.78, 5) is 0. The first kappa shape index (κ1) is 14.4. The van der Waals surface area contributed by atoms with Crippen LogP contribution in [0.1, 0.15) is 31.2 Å². The van der Waals surface area contributed by atoms with Gasteiger partial charge in [0.25, 0.3) is 0 Å².